The van der Waals surface area contributed by atoms with E-state index >= 15 is 0 Å². The zero-order valence-electron chi connectivity index (χ0n) is 19.7. The third-order valence-corrected chi connectivity index (χ3v) is 5.76. The molecule has 2 aromatic carbocycles. The number of aliphatic carboxylic acids is 1. The largest absolute Gasteiger partial charge is 0.481 e. The van der Waals surface area contributed by atoms with Crippen molar-refractivity contribution < 1.29 is 28.6 Å². The third kappa shape index (κ3) is 6.61. The SMILES string of the molecule is CC(C)(C)C(=O)COc1cc(C(=O)N[C@@H](CC(=O)O)c2ccc(Cl)cc2Cl)nn1-c1ccccc1F. The Morgan fingerprint density at radius 2 is 1.83 bits per heavy atom. The Kier molecular flexibility index (Phi) is 8.37. The molecule has 0 aliphatic heterocycles. The van der Waals surface area contributed by atoms with Gasteiger partial charge in [-0.25, -0.2) is 4.39 Å². The standard InChI is InChI=1S/C25H24Cl2FN3O5/c1-25(2,3)21(32)13-36-22-11-19(30-31(22)20-7-5-4-6-17(20)28)24(35)29-18(12-23(33)34)15-9-8-14(26)10-16(15)27/h4-11,18H,12-13H2,1-3H3,(H,29,35)(H,33,34)/t18-/m0/s1. The van der Waals surface area contributed by atoms with Crippen molar-refractivity contribution in [2.45, 2.75) is 33.2 Å². The van der Waals surface area contributed by atoms with Gasteiger partial charge < -0.3 is 15.2 Å². The third-order valence-electron chi connectivity index (χ3n) is 5.20. The molecule has 0 aliphatic rings. The molecule has 1 atom stereocenters. The molecule has 0 saturated heterocycles. The van der Waals surface area contributed by atoms with Gasteiger partial charge in [0.25, 0.3) is 5.91 Å². The highest BCUT2D eigenvalue weighted by Crippen LogP contribution is 2.29. The minimum atomic E-state index is -1.17. The Morgan fingerprint density at radius 1 is 1.14 bits per heavy atom. The maximum absolute atomic E-state index is 14.5. The van der Waals surface area contributed by atoms with E-state index in [2.05, 4.69) is 10.4 Å². The van der Waals surface area contributed by atoms with Crippen molar-refractivity contribution in [2.24, 2.45) is 5.41 Å². The number of nitrogens with one attached hydrogen (secondary N) is 1. The molecule has 1 amide bonds. The number of halogens is 3. The molecule has 190 valence electrons. The van der Waals surface area contributed by atoms with Crippen molar-refractivity contribution in [3.63, 3.8) is 0 Å². The summed E-state index contributed by atoms with van der Waals surface area (Å²) in [6, 6.07) is 10.4. The number of carbonyl (C=O) groups excluding carboxylic acids is 2. The summed E-state index contributed by atoms with van der Waals surface area (Å²) >= 11 is 12.2. The number of para-hydroxylation sites is 1. The van der Waals surface area contributed by atoms with Crippen LogP contribution in [0, 0.1) is 11.2 Å². The lowest BCUT2D eigenvalue weighted by Crippen LogP contribution is -2.30. The van der Waals surface area contributed by atoms with E-state index in [4.69, 9.17) is 27.9 Å². The number of ether oxygens (including phenoxy) is 1. The molecule has 36 heavy (non-hydrogen) atoms. The van der Waals surface area contributed by atoms with E-state index in [1.807, 2.05) is 0 Å². The number of carboxylic acids is 1. The molecule has 2 N–H and O–H groups in total. The average Bonchev–Trinajstić information content (AvgIpc) is 3.20. The van der Waals surface area contributed by atoms with E-state index < -0.39 is 35.6 Å². The molecule has 0 spiro atoms. The molecular formula is C25H24Cl2FN3O5. The first-order valence-electron chi connectivity index (χ1n) is 10.9. The number of aromatic nitrogens is 2. The Morgan fingerprint density at radius 3 is 2.44 bits per heavy atom. The first kappa shape index (κ1) is 27.2. The summed E-state index contributed by atoms with van der Waals surface area (Å²) in [6.07, 6.45) is -0.468. The maximum atomic E-state index is 14.5. The second-order valence-electron chi connectivity index (χ2n) is 8.98. The van der Waals surface area contributed by atoms with Crippen LogP contribution < -0.4 is 10.1 Å². The van der Waals surface area contributed by atoms with Crippen LogP contribution in [0.1, 0.15) is 49.3 Å². The molecule has 8 nitrogen and oxygen atoms in total. The second kappa shape index (κ2) is 11.1. The van der Waals surface area contributed by atoms with Crippen molar-refractivity contribution in [1.29, 1.82) is 0 Å². The van der Waals surface area contributed by atoms with Gasteiger partial charge >= 0.3 is 5.97 Å². The Hall–Kier alpha value is -3.43. The minimum absolute atomic E-state index is 0.00223. The van der Waals surface area contributed by atoms with E-state index in [-0.39, 0.29) is 34.7 Å². The van der Waals surface area contributed by atoms with Crippen molar-refractivity contribution in [1.82, 2.24) is 15.1 Å². The fourth-order valence-corrected chi connectivity index (χ4v) is 3.70. The molecule has 0 bridgehead atoms. The molecule has 3 rings (SSSR count). The number of hydrogen-bond acceptors (Lipinski definition) is 5. The van der Waals surface area contributed by atoms with E-state index in [1.54, 1.807) is 26.8 Å². The normalized spacial score (nSPS) is 12.2. The predicted octanol–water partition coefficient (Wildman–Crippen LogP) is 5.26. The predicted molar refractivity (Wildman–Crippen MR) is 132 cm³/mol. The highest BCUT2D eigenvalue weighted by molar-refractivity contribution is 6.35. The molecule has 0 fully saturated rings. The highest BCUT2D eigenvalue weighted by Gasteiger charge is 2.26. The van der Waals surface area contributed by atoms with Crippen molar-refractivity contribution in [2.75, 3.05) is 6.61 Å². The summed E-state index contributed by atoms with van der Waals surface area (Å²) in [7, 11) is 0. The Balaban J connectivity index is 1.95. The van der Waals surface area contributed by atoms with Gasteiger partial charge in [0.05, 0.1) is 12.5 Å². The number of carbonyl (C=O) groups is 3. The summed E-state index contributed by atoms with van der Waals surface area (Å²) < 4.78 is 21.2. The average molecular weight is 536 g/mol. The van der Waals surface area contributed by atoms with Gasteiger partial charge in [0.15, 0.2) is 11.5 Å². The van der Waals surface area contributed by atoms with Crippen LogP contribution in [-0.2, 0) is 9.59 Å². The molecular weight excluding hydrogens is 512 g/mol. The van der Waals surface area contributed by atoms with Crippen LogP contribution in [0.5, 0.6) is 5.88 Å². The topological polar surface area (TPSA) is 111 Å². The number of carboxylic acid groups (broad SMARTS) is 1. The van der Waals surface area contributed by atoms with Crippen LogP contribution in [0.25, 0.3) is 5.69 Å². The number of Topliss-reactive ketones (excluding diaryl/α,β-unsaturated/α-hetero) is 1. The van der Waals surface area contributed by atoms with E-state index in [9.17, 15) is 23.9 Å². The number of ketones is 1. The maximum Gasteiger partial charge on any atom is 0.305 e. The lowest BCUT2D eigenvalue weighted by atomic mass is 9.91. The fraction of sp³-hybridized carbons (Fsp3) is 0.280. The number of rotatable bonds is 9. The summed E-state index contributed by atoms with van der Waals surface area (Å²) in [4.78, 5) is 36.9. The van der Waals surface area contributed by atoms with Crippen LogP contribution in [-0.4, -0.2) is 39.2 Å². The zero-order valence-corrected chi connectivity index (χ0v) is 21.2. The first-order chi connectivity index (χ1) is 16.9. The quantitative estimate of drug-likeness (QED) is 0.386. The second-order valence-corrected chi connectivity index (χ2v) is 9.83. The Labute approximate surface area is 217 Å². The van der Waals surface area contributed by atoms with Gasteiger partial charge in [0.1, 0.15) is 18.1 Å². The Bertz CT molecular complexity index is 1300. The number of hydrogen-bond donors (Lipinski definition) is 2. The van der Waals surface area contributed by atoms with Crippen molar-refractivity contribution in [3.05, 3.63) is 75.7 Å². The van der Waals surface area contributed by atoms with E-state index in [0.29, 0.717) is 10.6 Å². The van der Waals surface area contributed by atoms with E-state index in [0.717, 1.165) is 4.68 Å². The van der Waals surface area contributed by atoms with E-state index in [1.165, 1.54) is 42.5 Å². The van der Waals surface area contributed by atoms with Crippen LogP contribution >= 0.6 is 23.2 Å². The number of benzene rings is 2. The summed E-state index contributed by atoms with van der Waals surface area (Å²) in [5.74, 6) is -2.81. The van der Waals surface area contributed by atoms with Crippen LogP contribution in [0.2, 0.25) is 10.0 Å². The van der Waals surface area contributed by atoms with Gasteiger partial charge in [-0.05, 0) is 29.8 Å². The monoisotopic (exact) mass is 535 g/mol. The fourth-order valence-electron chi connectivity index (χ4n) is 3.16. The first-order valence-corrected chi connectivity index (χ1v) is 11.6. The number of amides is 1. The summed E-state index contributed by atoms with van der Waals surface area (Å²) in [5, 5.41) is 16.6. The van der Waals surface area contributed by atoms with Crippen molar-refractivity contribution >= 4 is 40.9 Å². The molecule has 0 unspecified atom stereocenters. The molecule has 0 aliphatic carbocycles. The van der Waals surface area contributed by atoms with Gasteiger partial charge in [-0.15, -0.1) is 0 Å². The van der Waals surface area contributed by atoms with Gasteiger partial charge in [-0.1, -0.05) is 62.2 Å². The highest BCUT2D eigenvalue weighted by atomic mass is 35.5. The minimum Gasteiger partial charge on any atom is -0.481 e. The molecule has 3 aromatic rings. The lowest BCUT2D eigenvalue weighted by Gasteiger charge is -2.18. The van der Waals surface area contributed by atoms with Gasteiger partial charge in [-0.3, -0.25) is 14.4 Å². The summed E-state index contributed by atoms with van der Waals surface area (Å²) in [5.41, 5.74) is -0.516. The number of nitrogens with zero attached hydrogens (tertiary/aromatic N) is 2. The van der Waals surface area contributed by atoms with Crippen LogP contribution in [0.3, 0.4) is 0 Å². The van der Waals surface area contributed by atoms with Crippen molar-refractivity contribution in [3.8, 4) is 11.6 Å². The van der Waals surface area contributed by atoms with Gasteiger partial charge in [-0.2, -0.15) is 9.78 Å². The lowest BCUT2D eigenvalue weighted by molar-refractivity contribution is -0.137. The molecule has 1 aromatic heterocycles. The van der Waals surface area contributed by atoms with Gasteiger partial charge in [0, 0.05) is 21.5 Å². The zero-order chi connectivity index (χ0) is 26.6. The molecule has 11 heteroatoms. The van der Waals surface area contributed by atoms with Crippen LogP contribution in [0.15, 0.2) is 48.5 Å². The molecule has 0 saturated carbocycles. The molecule has 1 heterocycles. The molecule has 0 radical (unpaired) electrons. The van der Waals surface area contributed by atoms with Crippen LogP contribution in [0.4, 0.5) is 4.39 Å². The van der Waals surface area contributed by atoms with Gasteiger partial charge in [0.2, 0.25) is 5.88 Å². The smallest absolute Gasteiger partial charge is 0.305 e. The summed E-state index contributed by atoms with van der Waals surface area (Å²) in [6.45, 7) is 4.87.